The van der Waals surface area contributed by atoms with Crippen molar-refractivity contribution in [3.8, 4) is 0 Å². The Morgan fingerprint density at radius 1 is 0.886 bits per heavy atom. The Bertz CT molecular complexity index is 1500. The van der Waals surface area contributed by atoms with Crippen LogP contribution in [0, 0.1) is 0 Å². The van der Waals surface area contributed by atoms with Gasteiger partial charge in [0, 0.05) is 35.7 Å². The summed E-state index contributed by atoms with van der Waals surface area (Å²) < 4.78 is 2.97. The van der Waals surface area contributed by atoms with Crippen LogP contribution in [0.1, 0.15) is 22.7 Å². The molecular formula is C27H26Cl2N4O2. The molecule has 6 nitrogen and oxygen atoms in total. The van der Waals surface area contributed by atoms with E-state index in [1.807, 2.05) is 55.6 Å². The van der Waals surface area contributed by atoms with Crippen LogP contribution in [-0.2, 0) is 13.1 Å². The third kappa shape index (κ3) is 4.80. The molecule has 4 aromatic rings. The molecular weight excluding hydrogens is 483 g/mol. The normalized spacial score (nSPS) is 16.6. The van der Waals surface area contributed by atoms with Crippen LogP contribution in [0.5, 0.6) is 0 Å². The summed E-state index contributed by atoms with van der Waals surface area (Å²) in [4.78, 5) is 30.0. The SMILES string of the molecule is CN1CCNCC1c1cc(Cl)cc2c1c(=O)n(Cc1cccc(Cl)c1)c(=O)n2Cc1ccccc1. The number of hydrogen-bond acceptors (Lipinski definition) is 4. The highest BCUT2D eigenvalue weighted by molar-refractivity contribution is 6.31. The number of rotatable bonds is 5. The number of fused-ring (bicyclic) bond motifs is 1. The van der Waals surface area contributed by atoms with Crippen LogP contribution in [0.2, 0.25) is 10.0 Å². The maximum atomic E-state index is 14.0. The zero-order valence-electron chi connectivity index (χ0n) is 19.4. The van der Waals surface area contributed by atoms with Crippen molar-refractivity contribution >= 4 is 34.1 Å². The predicted octanol–water partition coefficient (Wildman–Crippen LogP) is 4.14. The van der Waals surface area contributed by atoms with E-state index in [1.165, 1.54) is 4.57 Å². The van der Waals surface area contributed by atoms with Gasteiger partial charge in [0.15, 0.2) is 0 Å². The van der Waals surface area contributed by atoms with Gasteiger partial charge in [-0.2, -0.15) is 0 Å². The molecule has 3 aromatic carbocycles. The predicted molar refractivity (Wildman–Crippen MR) is 142 cm³/mol. The van der Waals surface area contributed by atoms with Gasteiger partial charge in [-0.1, -0.05) is 65.7 Å². The maximum Gasteiger partial charge on any atom is 0.332 e. The van der Waals surface area contributed by atoms with Crippen molar-refractivity contribution in [2.24, 2.45) is 0 Å². The summed E-state index contributed by atoms with van der Waals surface area (Å²) >= 11 is 12.8. The molecule has 5 rings (SSSR count). The molecule has 1 fully saturated rings. The fraction of sp³-hybridized carbons (Fsp3) is 0.259. The molecule has 180 valence electrons. The molecule has 0 bridgehead atoms. The van der Waals surface area contributed by atoms with Crippen LogP contribution in [0.15, 0.2) is 76.3 Å². The van der Waals surface area contributed by atoms with Crippen molar-refractivity contribution in [3.63, 3.8) is 0 Å². The molecule has 0 saturated carbocycles. The van der Waals surface area contributed by atoms with Gasteiger partial charge in [-0.25, -0.2) is 4.79 Å². The number of likely N-dealkylation sites (N-methyl/N-ethyl adjacent to an activating group) is 1. The second-order valence-corrected chi connectivity index (χ2v) is 9.84. The van der Waals surface area contributed by atoms with Gasteiger partial charge < -0.3 is 5.32 Å². The molecule has 35 heavy (non-hydrogen) atoms. The standard InChI is InChI=1S/C27H26Cl2N4O2/c1-31-11-10-30-15-24(31)22-13-21(29)14-23-25(22)26(34)33(17-19-8-5-9-20(28)12-19)27(35)32(23)16-18-6-3-2-4-7-18/h2-9,12-14,24,30H,10-11,15-17H2,1H3. The van der Waals surface area contributed by atoms with Crippen molar-refractivity contribution in [2.75, 3.05) is 26.7 Å². The Kier molecular flexibility index (Phi) is 6.80. The number of nitrogens with zero attached hydrogens (tertiary/aromatic N) is 3. The largest absolute Gasteiger partial charge is 0.332 e. The van der Waals surface area contributed by atoms with Crippen LogP contribution in [0.25, 0.3) is 10.9 Å². The van der Waals surface area contributed by atoms with Crippen molar-refractivity contribution in [3.05, 3.63) is 114 Å². The molecule has 1 aliphatic rings. The summed E-state index contributed by atoms with van der Waals surface area (Å²) in [5.74, 6) is 0. The third-order valence-corrected chi connectivity index (χ3v) is 7.06. The van der Waals surface area contributed by atoms with E-state index < -0.39 is 0 Å². The number of nitrogens with one attached hydrogen (secondary N) is 1. The summed E-state index contributed by atoms with van der Waals surface area (Å²) in [6, 6.07) is 20.5. The van der Waals surface area contributed by atoms with Crippen LogP contribution in [-0.4, -0.2) is 40.7 Å². The molecule has 1 aromatic heterocycles. The molecule has 1 N–H and O–H groups in total. The number of hydrogen-bond donors (Lipinski definition) is 1. The monoisotopic (exact) mass is 508 g/mol. The van der Waals surface area contributed by atoms with Gasteiger partial charge in [-0.05, 0) is 48.0 Å². The first kappa shape index (κ1) is 23.8. The van der Waals surface area contributed by atoms with Crippen molar-refractivity contribution in [1.82, 2.24) is 19.4 Å². The number of aromatic nitrogens is 2. The van der Waals surface area contributed by atoms with Gasteiger partial charge in [0.2, 0.25) is 0 Å². The minimum absolute atomic E-state index is 0.0417. The summed E-state index contributed by atoms with van der Waals surface area (Å²) in [5.41, 5.74) is 2.42. The van der Waals surface area contributed by atoms with E-state index in [0.29, 0.717) is 34.0 Å². The quantitative estimate of drug-likeness (QED) is 0.440. The van der Waals surface area contributed by atoms with E-state index in [1.54, 1.807) is 22.8 Å². The second-order valence-electron chi connectivity index (χ2n) is 8.97. The summed E-state index contributed by atoms with van der Waals surface area (Å²) in [5, 5.41) is 5.00. The molecule has 0 aliphatic carbocycles. The van der Waals surface area contributed by atoms with Gasteiger partial charge in [0.1, 0.15) is 0 Å². The number of halogens is 2. The highest BCUT2D eigenvalue weighted by Crippen LogP contribution is 2.30. The fourth-order valence-corrected chi connectivity index (χ4v) is 5.26. The van der Waals surface area contributed by atoms with Gasteiger partial charge in [-0.3, -0.25) is 18.8 Å². The molecule has 1 atom stereocenters. The average Bonchev–Trinajstić information content (AvgIpc) is 2.85. The van der Waals surface area contributed by atoms with Crippen LogP contribution >= 0.6 is 23.2 Å². The van der Waals surface area contributed by atoms with Crippen molar-refractivity contribution in [1.29, 1.82) is 0 Å². The highest BCUT2D eigenvalue weighted by atomic mass is 35.5. The Morgan fingerprint density at radius 3 is 2.37 bits per heavy atom. The van der Waals surface area contributed by atoms with Crippen LogP contribution < -0.4 is 16.6 Å². The number of piperazine rings is 1. The molecule has 0 radical (unpaired) electrons. The zero-order valence-corrected chi connectivity index (χ0v) is 20.9. The lowest BCUT2D eigenvalue weighted by Crippen LogP contribution is -2.45. The Morgan fingerprint density at radius 2 is 1.63 bits per heavy atom. The average molecular weight is 509 g/mol. The molecule has 1 saturated heterocycles. The Labute approximate surface area is 213 Å². The van der Waals surface area contributed by atoms with E-state index >= 15 is 0 Å². The van der Waals surface area contributed by atoms with E-state index in [-0.39, 0.29) is 23.8 Å². The topological polar surface area (TPSA) is 59.3 Å². The first-order valence-corrected chi connectivity index (χ1v) is 12.3. The van der Waals surface area contributed by atoms with E-state index in [4.69, 9.17) is 23.2 Å². The highest BCUT2D eigenvalue weighted by Gasteiger charge is 2.26. The fourth-order valence-electron chi connectivity index (χ4n) is 4.82. The van der Waals surface area contributed by atoms with E-state index in [9.17, 15) is 9.59 Å². The van der Waals surface area contributed by atoms with E-state index in [0.717, 1.165) is 29.8 Å². The molecule has 0 spiro atoms. The number of benzene rings is 3. The Hall–Kier alpha value is -2.90. The first-order valence-electron chi connectivity index (χ1n) is 11.6. The van der Waals surface area contributed by atoms with Gasteiger partial charge in [0.05, 0.1) is 24.0 Å². The maximum absolute atomic E-state index is 14.0. The van der Waals surface area contributed by atoms with Gasteiger partial charge in [0.25, 0.3) is 5.56 Å². The van der Waals surface area contributed by atoms with Gasteiger partial charge in [-0.15, -0.1) is 0 Å². The lowest BCUT2D eigenvalue weighted by molar-refractivity contribution is 0.203. The van der Waals surface area contributed by atoms with Crippen molar-refractivity contribution in [2.45, 2.75) is 19.1 Å². The van der Waals surface area contributed by atoms with Crippen molar-refractivity contribution < 1.29 is 0 Å². The van der Waals surface area contributed by atoms with E-state index in [2.05, 4.69) is 10.2 Å². The minimum atomic E-state index is -0.380. The second kappa shape index (κ2) is 9.99. The summed E-state index contributed by atoms with van der Waals surface area (Å²) in [7, 11) is 2.04. The smallest absolute Gasteiger partial charge is 0.314 e. The summed E-state index contributed by atoms with van der Waals surface area (Å²) in [6.45, 7) is 2.87. The lowest BCUT2D eigenvalue weighted by Gasteiger charge is -2.34. The van der Waals surface area contributed by atoms with Crippen LogP contribution in [0.3, 0.4) is 0 Å². The molecule has 1 unspecified atom stereocenters. The minimum Gasteiger partial charge on any atom is -0.314 e. The Balaban J connectivity index is 1.79. The summed E-state index contributed by atoms with van der Waals surface area (Å²) in [6.07, 6.45) is 0. The first-order chi connectivity index (χ1) is 16.9. The third-order valence-electron chi connectivity index (χ3n) is 6.61. The molecule has 0 amide bonds. The molecule has 8 heteroatoms. The van der Waals surface area contributed by atoms with Crippen LogP contribution in [0.4, 0.5) is 0 Å². The molecule has 2 heterocycles. The molecule has 1 aliphatic heterocycles. The lowest BCUT2D eigenvalue weighted by atomic mass is 9.99. The van der Waals surface area contributed by atoms with Gasteiger partial charge >= 0.3 is 5.69 Å². The zero-order chi connectivity index (χ0) is 24.5.